The number of halogens is 15. The van der Waals surface area contributed by atoms with Gasteiger partial charge in [-0.2, -0.15) is 65.9 Å². The maximum absolute atomic E-state index is 13.4. The van der Waals surface area contributed by atoms with Gasteiger partial charge in [-0.1, -0.05) is 6.92 Å². The molecular formula is C10H8F15N. The molecule has 0 fully saturated rings. The molecule has 0 rings (SSSR count). The van der Waals surface area contributed by atoms with E-state index in [0.717, 1.165) is 0 Å². The van der Waals surface area contributed by atoms with Gasteiger partial charge < -0.3 is 5.73 Å². The number of hydrogen-bond acceptors (Lipinski definition) is 1. The maximum atomic E-state index is 13.4. The van der Waals surface area contributed by atoms with Crippen LogP contribution in [0, 0.1) is 5.92 Å². The summed E-state index contributed by atoms with van der Waals surface area (Å²) in [5.41, 5.74) is -2.87. The Morgan fingerprint density at radius 2 is 0.846 bits per heavy atom. The van der Waals surface area contributed by atoms with E-state index >= 15 is 0 Å². The van der Waals surface area contributed by atoms with Crippen molar-refractivity contribution in [3.8, 4) is 0 Å². The molecule has 1 atom stereocenters. The zero-order chi connectivity index (χ0) is 21.8. The second-order valence-electron chi connectivity index (χ2n) is 5.09. The third-order valence-electron chi connectivity index (χ3n) is 3.52. The fourth-order valence-electron chi connectivity index (χ4n) is 2.17. The Morgan fingerprint density at radius 3 is 1.00 bits per heavy atom. The summed E-state index contributed by atoms with van der Waals surface area (Å²) in [6, 6.07) is 0. The topological polar surface area (TPSA) is 26.0 Å². The highest BCUT2D eigenvalue weighted by atomic mass is 19.4. The van der Waals surface area contributed by atoms with Gasteiger partial charge in [-0.05, 0) is 6.42 Å². The van der Waals surface area contributed by atoms with E-state index in [1.54, 1.807) is 0 Å². The fourth-order valence-corrected chi connectivity index (χ4v) is 2.17. The second kappa shape index (κ2) is 6.22. The summed E-state index contributed by atoms with van der Waals surface area (Å²) in [5, 5.41) is 0. The standard InChI is InChI=1S/C10H8F15N/c1-2-3(5(11,12)8(17,18)19)4(26,6(13,14)9(20,21)22)7(15,16)10(23,24)25/h3H,2,26H2,1H3. The molecule has 0 radical (unpaired) electrons. The van der Waals surface area contributed by atoms with Crippen LogP contribution < -0.4 is 5.73 Å². The molecule has 0 aliphatic heterocycles. The molecule has 2 N–H and O–H groups in total. The highest BCUT2D eigenvalue weighted by Gasteiger charge is 2.88. The molecule has 0 aliphatic carbocycles. The van der Waals surface area contributed by atoms with Gasteiger partial charge in [0.2, 0.25) is 0 Å². The first-order chi connectivity index (χ1) is 10.9. The van der Waals surface area contributed by atoms with Crippen molar-refractivity contribution < 1.29 is 65.9 Å². The minimum atomic E-state index is -7.49. The van der Waals surface area contributed by atoms with E-state index in [9.17, 15) is 65.9 Å². The third-order valence-corrected chi connectivity index (χ3v) is 3.52. The van der Waals surface area contributed by atoms with Crippen LogP contribution in [0.3, 0.4) is 0 Å². The van der Waals surface area contributed by atoms with E-state index in [-0.39, 0.29) is 6.92 Å². The highest BCUT2D eigenvalue weighted by Crippen LogP contribution is 2.61. The van der Waals surface area contributed by atoms with Crippen molar-refractivity contribution in [2.24, 2.45) is 11.7 Å². The van der Waals surface area contributed by atoms with Crippen LogP contribution in [0.1, 0.15) is 13.3 Å². The Bertz CT molecular complexity index is 470. The van der Waals surface area contributed by atoms with Gasteiger partial charge >= 0.3 is 36.3 Å². The van der Waals surface area contributed by atoms with Crippen LogP contribution in [-0.2, 0) is 0 Å². The lowest BCUT2D eigenvalue weighted by molar-refractivity contribution is -0.410. The summed E-state index contributed by atoms with van der Waals surface area (Å²) in [5.74, 6) is -26.8. The fraction of sp³-hybridized carbons (Fsp3) is 1.00. The van der Waals surface area contributed by atoms with Gasteiger partial charge in [0, 0.05) is 0 Å². The largest absolute Gasteiger partial charge is 0.455 e. The van der Waals surface area contributed by atoms with Crippen LogP contribution in [0.15, 0.2) is 0 Å². The average Bonchev–Trinajstić information content (AvgIpc) is 2.34. The molecule has 16 heteroatoms. The van der Waals surface area contributed by atoms with Crippen molar-refractivity contribution in [3.63, 3.8) is 0 Å². The predicted molar refractivity (Wildman–Crippen MR) is 53.7 cm³/mol. The van der Waals surface area contributed by atoms with Crippen molar-refractivity contribution in [3.05, 3.63) is 0 Å². The minimum absolute atomic E-state index is 0.0369. The molecule has 0 heterocycles. The minimum Gasteiger partial charge on any atom is -0.314 e. The van der Waals surface area contributed by atoms with E-state index in [1.165, 1.54) is 0 Å². The van der Waals surface area contributed by atoms with Crippen LogP contribution >= 0.6 is 0 Å². The van der Waals surface area contributed by atoms with Gasteiger partial charge in [0.1, 0.15) is 0 Å². The predicted octanol–water partition coefficient (Wildman–Crippen LogP) is 5.30. The summed E-state index contributed by atoms with van der Waals surface area (Å²) in [4.78, 5) is 0. The van der Waals surface area contributed by atoms with Crippen molar-refractivity contribution in [1.82, 2.24) is 0 Å². The van der Waals surface area contributed by atoms with Crippen LogP contribution in [0.5, 0.6) is 0 Å². The van der Waals surface area contributed by atoms with Gasteiger partial charge in [0.05, 0.1) is 5.92 Å². The summed E-state index contributed by atoms with van der Waals surface area (Å²) < 4.78 is 192. The van der Waals surface area contributed by atoms with E-state index in [4.69, 9.17) is 0 Å². The van der Waals surface area contributed by atoms with Crippen LogP contribution in [0.2, 0.25) is 0 Å². The average molecular weight is 427 g/mol. The maximum Gasteiger partial charge on any atom is 0.455 e. The molecule has 0 aliphatic rings. The summed E-state index contributed by atoms with van der Waals surface area (Å²) in [6.07, 6.45) is -24.2. The zero-order valence-corrected chi connectivity index (χ0v) is 12.0. The van der Waals surface area contributed by atoms with E-state index < -0.39 is 54.2 Å². The van der Waals surface area contributed by atoms with Crippen LogP contribution in [0.4, 0.5) is 65.9 Å². The number of hydrogen-bond donors (Lipinski definition) is 1. The van der Waals surface area contributed by atoms with Gasteiger partial charge in [-0.15, -0.1) is 0 Å². The Morgan fingerprint density at radius 1 is 0.577 bits per heavy atom. The normalized spacial score (nSPS) is 17.4. The molecule has 0 aromatic heterocycles. The Hall–Kier alpha value is -1.09. The molecule has 0 bridgehead atoms. The summed E-state index contributed by atoms with van der Waals surface area (Å²) >= 11 is 0. The molecule has 0 saturated heterocycles. The molecule has 0 spiro atoms. The SMILES string of the molecule is CCC(C(F)(F)C(F)(F)F)C(N)(C(F)(F)C(F)(F)F)C(F)(F)C(F)(F)F. The molecule has 1 nitrogen and oxygen atoms in total. The monoisotopic (exact) mass is 427 g/mol. The van der Waals surface area contributed by atoms with Crippen molar-refractivity contribution in [1.29, 1.82) is 0 Å². The Balaban J connectivity index is 7.12. The third kappa shape index (κ3) is 3.28. The first kappa shape index (κ1) is 24.9. The van der Waals surface area contributed by atoms with Crippen molar-refractivity contribution in [2.75, 3.05) is 0 Å². The Kier molecular flexibility index (Phi) is 5.96. The molecule has 158 valence electrons. The first-order valence-corrected chi connectivity index (χ1v) is 6.07. The van der Waals surface area contributed by atoms with E-state index in [0.29, 0.717) is 0 Å². The first-order valence-electron chi connectivity index (χ1n) is 6.07. The summed E-state index contributed by atoms with van der Waals surface area (Å²) in [7, 11) is 0. The van der Waals surface area contributed by atoms with E-state index in [2.05, 4.69) is 5.73 Å². The number of alkyl halides is 15. The lowest BCUT2D eigenvalue weighted by Gasteiger charge is -2.49. The van der Waals surface area contributed by atoms with Crippen molar-refractivity contribution in [2.45, 2.75) is 55.2 Å². The van der Waals surface area contributed by atoms with Gasteiger partial charge in [0.15, 0.2) is 5.54 Å². The molecular weight excluding hydrogens is 419 g/mol. The molecule has 1 unspecified atom stereocenters. The van der Waals surface area contributed by atoms with Crippen LogP contribution in [0.25, 0.3) is 0 Å². The lowest BCUT2D eigenvalue weighted by Crippen LogP contribution is -2.80. The Labute approximate surface area is 134 Å². The second-order valence-corrected chi connectivity index (χ2v) is 5.09. The smallest absolute Gasteiger partial charge is 0.314 e. The highest BCUT2D eigenvalue weighted by molar-refractivity contribution is 5.19. The van der Waals surface area contributed by atoms with Gasteiger partial charge in [0.25, 0.3) is 0 Å². The number of nitrogens with two attached hydrogens (primary N) is 1. The van der Waals surface area contributed by atoms with Gasteiger partial charge in [-0.25, -0.2) is 0 Å². The van der Waals surface area contributed by atoms with Crippen molar-refractivity contribution >= 4 is 0 Å². The molecule has 26 heavy (non-hydrogen) atoms. The van der Waals surface area contributed by atoms with Crippen LogP contribution in [-0.4, -0.2) is 41.8 Å². The van der Waals surface area contributed by atoms with E-state index in [1.807, 2.05) is 0 Å². The summed E-state index contributed by atoms with van der Waals surface area (Å²) in [6.45, 7) is -0.0369. The van der Waals surface area contributed by atoms with Gasteiger partial charge in [-0.3, -0.25) is 0 Å². The molecule has 0 amide bonds. The quantitative estimate of drug-likeness (QED) is 0.592. The molecule has 0 aromatic carbocycles. The molecule has 0 saturated carbocycles. The zero-order valence-electron chi connectivity index (χ0n) is 12.0. The lowest BCUT2D eigenvalue weighted by atomic mass is 9.69. The number of rotatable bonds is 5. The molecule has 0 aromatic rings.